The van der Waals surface area contributed by atoms with Crippen molar-refractivity contribution in [3.05, 3.63) is 82.2 Å². The highest BCUT2D eigenvalue weighted by Crippen LogP contribution is 2.24. The van der Waals surface area contributed by atoms with Gasteiger partial charge in [0.2, 0.25) is 0 Å². The maximum atomic E-state index is 14.0. The van der Waals surface area contributed by atoms with E-state index >= 15 is 0 Å². The van der Waals surface area contributed by atoms with E-state index in [-0.39, 0.29) is 11.7 Å². The number of imidazole rings is 1. The molecule has 1 amide bonds. The normalized spacial score (nSPS) is 11.1. The van der Waals surface area contributed by atoms with Gasteiger partial charge in [-0.25, -0.2) is 9.37 Å². The zero-order valence-electron chi connectivity index (χ0n) is 14.5. The third-order valence-corrected chi connectivity index (χ3v) is 4.84. The second kappa shape index (κ2) is 7.00. The Morgan fingerprint density at radius 3 is 2.74 bits per heavy atom. The van der Waals surface area contributed by atoms with Gasteiger partial charge in [-0.3, -0.25) is 4.79 Å². The molecule has 4 rings (SSSR count). The minimum absolute atomic E-state index is 0.306. The van der Waals surface area contributed by atoms with E-state index in [4.69, 9.17) is 0 Å². The van der Waals surface area contributed by atoms with Crippen LogP contribution in [0.1, 0.15) is 21.9 Å². The summed E-state index contributed by atoms with van der Waals surface area (Å²) in [7, 11) is 0. The Morgan fingerprint density at radius 1 is 1.26 bits per heavy atom. The largest absolute Gasteiger partial charge is 0.350 e. The number of rotatable bonds is 4. The molecule has 0 aliphatic heterocycles. The second-order valence-electron chi connectivity index (χ2n) is 6.29. The van der Waals surface area contributed by atoms with Crippen molar-refractivity contribution in [1.82, 2.24) is 14.5 Å². The van der Waals surface area contributed by atoms with Crippen molar-refractivity contribution in [2.24, 2.45) is 0 Å². The first kappa shape index (κ1) is 17.5. The van der Waals surface area contributed by atoms with Crippen molar-refractivity contribution in [3.63, 3.8) is 0 Å². The maximum absolute atomic E-state index is 14.0. The number of fused-ring (bicyclic) bond motifs is 1. The van der Waals surface area contributed by atoms with Crippen LogP contribution in [0.4, 0.5) is 10.1 Å². The molecule has 0 bridgehead atoms. The molecule has 2 heterocycles. The van der Waals surface area contributed by atoms with Crippen LogP contribution in [0.5, 0.6) is 0 Å². The van der Waals surface area contributed by atoms with Crippen LogP contribution in [0.2, 0.25) is 0 Å². The fourth-order valence-corrected chi connectivity index (χ4v) is 3.37. The van der Waals surface area contributed by atoms with E-state index in [1.807, 2.05) is 42.0 Å². The van der Waals surface area contributed by atoms with Crippen LogP contribution in [0.15, 0.2) is 59.3 Å². The fraction of sp³-hybridized carbons (Fsp3) is 0.100. The zero-order valence-corrected chi connectivity index (χ0v) is 16.0. The molecule has 0 saturated carbocycles. The summed E-state index contributed by atoms with van der Waals surface area (Å²) in [6.45, 7) is 2.67. The molecule has 27 heavy (non-hydrogen) atoms. The Balaban J connectivity index is 1.49. The van der Waals surface area contributed by atoms with Crippen molar-refractivity contribution in [3.8, 4) is 0 Å². The Morgan fingerprint density at radius 2 is 2.04 bits per heavy atom. The molecule has 0 unspecified atom stereocenters. The molecule has 4 aromatic rings. The van der Waals surface area contributed by atoms with E-state index in [1.54, 1.807) is 12.3 Å². The summed E-state index contributed by atoms with van der Waals surface area (Å²) in [5.41, 5.74) is 2.65. The molecule has 0 atom stereocenters. The number of aromatic nitrogens is 3. The van der Waals surface area contributed by atoms with Gasteiger partial charge in [0, 0.05) is 34.5 Å². The summed E-state index contributed by atoms with van der Waals surface area (Å²) in [4.78, 5) is 19.6. The summed E-state index contributed by atoms with van der Waals surface area (Å²) in [6, 6.07) is 12.2. The van der Waals surface area contributed by atoms with Crippen LogP contribution in [0, 0.1) is 12.7 Å². The Hall–Kier alpha value is -2.93. The number of H-pyrrole nitrogens is 1. The Kier molecular flexibility index (Phi) is 4.53. The van der Waals surface area contributed by atoms with Crippen LogP contribution >= 0.6 is 15.9 Å². The molecule has 0 aliphatic carbocycles. The molecule has 0 spiro atoms. The topological polar surface area (TPSA) is 62.7 Å². The number of aromatic amines is 1. The first-order valence-corrected chi connectivity index (χ1v) is 9.15. The number of amides is 1. The average Bonchev–Trinajstić information content (AvgIpc) is 3.23. The van der Waals surface area contributed by atoms with Gasteiger partial charge in [0.25, 0.3) is 5.91 Å². The van der Waals surface area contributed by atoms with Gasteiger partial charge in [-0.2, -0.15) is 0 Å². The number of aryl methyl sites for hydroxylation is 1. The summed E-state index contributed by atoms with van der Waals surface area (Å²) in [5, 5.41) is 3.21. The maximum Gasteiger partial charge on any atom is 0.272 e. The van der Waals surface area contributed by atoms with Gasteiger partial charge in [0.1, 0.15) is 17.3 Å². The molecule has 0 aliphatic rings. The zero-order chi connectivity index (χ0) is 19.0. The SMILES string of the molecule is Cc1nccn1Cc1ccc(NC(=O)c2cc3c(F)cc(Br)cc3[nH]2)cc1. The van der Waals surface area contributed by atoms with Gasteiger partial charge >= 0.3 is 0 Å². The lowest BCUT2D eigenvalue weighted by molar-refractivity contribution is 0.102. The molecule has 2 aromatic heterocycles. The van der Waals surface area contributed by atoms with Gasteiger partial charge in [0.15, 0.2) is 0 Å². The molecule has 7 heteroatoms. The quantitative estimate of drug-likeness (QED) is 0.488. The lowest BCUT2D eigenvalue weighted by atomic mass is 10.2. The molecule has 2 N–H and O–H groups in total. The predicted molar refractivity (Wildman–Crippen MR) is 106 cm³/mol. The third kappa shape index (κ3) is 3.64. The molecular weight excluding hydrogens is 411 g/mol. The van der Waals surface area contributed by atoms with Crippen molar-refractivity contribution in [2.75, 3.05) is 5.32 Å². The van der Waals surface area contributed by atoms with Crippen LogP contribution < -0.4 is 5.32 Å². The lowest BCUT2D eigenvalue weighted by Gasteiger charge is -2.07. The number of carbonyl (C=O) groups is 1. The van der Waals surface area contributed by atoms with E-state index in [9.17, 15) is 9.18 Å². The van der Waals surface area contributed by atoms with Gasteiger partial charge in [-0.15, -0.1) is 0 Å². The number of halogens is 2. The molecular formula is C20H16BrFN4O. The molecule has 5 nitrogen and oxygen atoms in total. The van der Waals surface area contributed by atoms with Crippen molar-refractivity contribution >= 4 is 38.4 Å². The van der Waals surface area contributed by atoms with Crippen LogP contribution in [0.3, 0.4) is 0 Å². The molecule has 136 valence electrons. The van der Waals surface area contributed by atoms with Crippen molar-refractivity contribution in [2.45, 2.75) is 13.5 Å². The average molecular weight is 427 g/mol. The predicted octanol–water partition coefficient (Wildman–Crippen LogP) is 4.88. The van der Waals surface area contributed by atoms with E-state index in [2.05, 4.69) is 31.2 Å². The Labute approximate surface area is 163 Å². The van der Waals surface area contributed by atoms with Crippen molar-refractivity contribution in [1.29, 1.82) is 0 Å². The number of nitrogens with one attached hydrogen (secondary N) is 2. The van der Waals surface area contributed by atoms with E-state index < -0.39 is 0 Å². The minimum atomic E-state index is -0.381. The second-order valence-corrected chi connectivity index (χ2v) is 7.20. The van der Waals surface area contributed by atoms with E-state index in [1.165, 1.54) is 12.1 Å². The Bertz CT molecular complexity index is 1130. The van der Waals surface area contributed by atoms with Crippen molar-refractivity contribution < 1.29 is 9.18 Å². The van der Waals surface area contributed by atoms with Gasteiger partial charge < -0.3 is 14.9 Å². The number of anilines is 1. The summed E-state index contributed by atoms with van der Waals surface area (Å²) in [6.07, 6.45) is 3.70. The number of carbonyl (C=O) groups excluding carboxylic acids is 1. The van der Waals surface area contributed by atoms with E-state index in [0.717, 1.165) is 17.9 Å². The van der Waals surface area contributed by atoms with Gasteiger partial charge in [-0.05, 0) is 42.8 Å². The fourth-order valence-electron chi connectivity index (χ4n) is 2.94. The standard InChI is InChI=1S/C20H16BrFN4O/c1-12-23-6-7-26(12)11-13-2-4-15(5-3-13)24-20(27)19-10-16-17(22)8-14(21)9-18(16)25-19/h2-10,25H,11H2,1H3,(H,24,27). The van der Waals surface area contributed by atoms with Gasteiger partial charge in [0.05, 0.1) is 5.52 Å². The monoisotopic (exact) mass is 426 g/mol. The van der Waals surface area contributed by atoms with Crippen LogP contribution in [-0.4, -0.2) is 20.4 Å². The smallest absolute Gasteiger partial charge is 0.272 e. The number of nitrogens with zero attached hydrogens (tertiary/aromatic N) is 2. The van der Waals surface area contributed by atoms with E-state index in [0.29, 0.717) is 26.8 Å². The summed E-state index contributed by atoms with van der Waals surface area (Å²) >= 11 is 3.25. The summed E-state index contributed by atoms with van der Waals surface area (Å²) in [5.74, 6) is 0.249. The molecule has 0 fully saturated rings. The molecule has 0 radical (unpaired) electrons. The third-order valence-electron chi connectivity index (χ3n) is 4.39. The van der Waals surface area contributed by atoms with Crippen LogP contribution in [-0.2, 0) is 6.54 Å². The molecule has 2 aromatic carbocycles. The highest BCUT2D eigenvalue weighted by Gasteiger charge is 2.13. The van der Waals surface area contributed by atoms with Crippen LogP contribution in [0.25, 0.3) is 10.9 Å². The number of hydrogen-bond acceptors (Lipinski definition) is 2. The number of hydrogen-bond donors (Lipinski definition) is 2. The minimum Gasteiger partial charge on any atom is -0.350 e. The molecule has 0 saturated heterocycles. The first-order chi connectivity index (χ1) is 13.0. The van der Waals surface area contributed by atoms with Gasteiger partial charge in [-0.1, -0.05) is 28.1 Å². The highest BCUT2D eigenvalue weighted by atomic mass is 79.9. The lowest BCUT2D eigenvalue weighted by Crippen LogP contribution is -2.12. The summed E-state index contributed by atoms with van der Waals surface area (Å²) < 4.78 is 16.7. The first-order valence-electron chi connectivity index (χ1n) is 8.35. The highest BCUT2D eigenvalue weighted by molar-refractivity contribution is 9.10. The number of benzene rings is 2.